The molecule has 1 fully saturated rings. The van der Waals surface area contributed by atoms with Crippen LogP contribution in [0.2, 0.25) is 0 Å². The topological polar surface area (TPSA) is 47.4 Å². The number of amides is 1. The van der Waals surface area contributed by atoms with Gasteiger partial charge in [0, 0.05) is 6.54 Å². The molecule has 1 aromatic heterocycles. The third kappa shape index (κ3) is 3.26. The number of ether oxygens (including phenoxy) is 1. The van der Waals surface area contributed by atoms with Crippen LogP contribution in [0.4, 0.5) is 4.39 Å². The zero-order valence-corrected chi connectivity index (χ0v) is 15.9. The molecule has 28 heavy (non-hydrogen) atoms. The van der Waals surface area contributed by atoms with Gasteiger partial charge in [-0.15, -0.1) is 0 Å². The van der Waals surface area contributed by atoms with E-state index < -0.39 is 0 Å². The number of hydrogen-bond acceptors (Lipinski definition) is 3. The molecule has 0 bridgehead atoms. The van der Waals surface area contributed by atoms with Crippen LogP contribution in [-0.2, 0) is 0 Å². The summed E-state index contributed by atoms with van der Waals surface area (Å²) >= 11 is 0. The Morgan fingerprint density at radius 1 is 1.14 bits per heavy atom. The van der Waals surface area contributed by atoms with Crippen molar-refractivity contribution in [1.29, 1.82) is 0 Å². The smallest absolute Gasteiger partial charge is 0.257 e. The van der Waals surface area contributed by atoms with Crippen LogP contribution in [0.15, 0.2) is 54.7 Å². The largest absolute Gasteiger partial charge is 0.497 e. The van der Waals surface area contributed by atoms with Crippen LogP contribution >= 0.6 is 0 Å². The minimum Gasteiger partial charge on any atom is -0.497 e. The van der Waals surface area contributed by atoms with Crippen LogP contribution in [0.25, 0.3) is 5.69 Å². The summed E-state index contributed by atoms with van der Waals surface area (Å²) in [4.78, 5) is 15.2. The van der Waals surface area contributed by atoms with Crippen molar-refractivity contribution in [3.05, 3.63) is 77.4 Å². The summed E-state index contributed by atoms with van der Waals surface area (Å²) in [5.41, 5.74) is 3.16. The van der Waals surface area contributed by atoms with Crippen LogP contribution in [0.3, 0.4) is 0 Å². The van der Waals surface area contributed by atoms with Crippen molar-refractivity contribution in [3.8, 4) is 11.4 Å². The van der Waals surface area contributed by atoms with Crippen molar-refractivity contribution in [2.45, 2.75) is 25.8 Å². The number of methoxy groups -OCH3 is 1. The first-order valence-electron chi connectivity index (χ1n) is 9.34. The lowest BCUT2D eigenvalue weighted by atomic mass is 10.0. The fraction of sp³-hybridized carbons (Fsp3) is 0.273. The van der Waals surface area contributed by atoms with E-state index in [9.17, 15) is 9.18 Å². The fourth-order valence-electron chi connectivity index (χ4n) is 3.80. The molecule has 144 valence electrons. The molecule has 1 amide bonds. The maximum absolute atomic E-state index is 13.3. The summed E-state index contributed by atoms with van der Waals surface area (Å²) < 4.78 is 20.1. The van der Waals surface area contributed by atoms with E-state index >= 15 is 0 Å². The number of benzene rings is 2. The first-order valence-corrected chi connectivity index (χ1v) is 9.34. The summed E-state index contributed by atoms with van der Waals surface area (Å²) in [5.74, 6) is 0.476. The van der Waals surface area contributed by atoms with Gasteiger partial charge in [-0.25, -0.2) is 9.07 Å². The standard InChI is InChI=1S/C22H22FN3O2/c1-15-20(14-24-26(15)18-9-7-17(23)8-10-18)22(27)25-13-3-4-21(25)16-5-11-19(28-2)12-6-16/h5-12,14,21H,3-4,13H2,1-2H3/t21-/m0/s1. The Bertz CT molecular complexity index is 980. The second kappa shape index (κ2) is 7.46. The minimum atomic E-state index is -0.302. The highest BCUT2D eigenvalue weighted by Gasteiger charge is 2.32. The average molecular weight is 379 g/mol. The van der Waals surface area contributed by atoms with Gasteiger partial charge in [-0.3, -0.25) is 4.79 Å². The molecule has 2 aromatic carbocycles. The summed E-state index contributed by atoms with van der Waals surface area (Å²) in [6, 6.07) is 14.0. The number of carbonyl (C=O) groups excluding carboxylic acids is 1. The molecule has 1 saturated heterocycles. The fourth-order valence-corrected chi connectivity index (χ4v) is 3.80. The Kier molecular flexibility index (Phi) is 4.86. The first kappa shape index (κ1) is 18.2. The molecule has 0 unspecified atom stereocenters. The van der Waals surface area contributed by atoms with Gasteiger partial charge in [0.25, 0.3) is 5.91 Å². The maximum atomic E-state index is 13.3. The molecule has 1 aliphatic heterocycles. The van der Waals surface area contributed by atoms with Gasteiger partial charge in [-0.2, -0.15) is 5.10 Å². The lowest BCUT2D eigenvalue weighted by Gasteiger charge is -2.25. The van der Waals surface area contributed by atoms with Gasteiger partial charge in [0.05, 0.1) is 36.3 Å². The predicted octanol–water partition coefficient (Wildman–Crippen LogP) is 4.31. The summed E-state index contributed by atoms with van der Waals surface area (Å²) in [6.07, 6.45) is 3.50. The predicted molar refractivity (Wildman–Crippen MR) is 104 cm³/mol. The Hall–Kier alpha value is -3.15. The number of halogens is 1. The van der Waals surface area contributed by atoms with E-state index in [2.05, 4.69) is 5.10 Å². The van der Waals surface area contributed by atoms with Crippen LogP contribution in [0.1, 0.15) is 40.5 Å². The van der Waals surface area contributed by atoms with Crippen molar-refractivity contribution < 1.29 is 13.9 Å². The molecule has 1 atom stereocenters. The highest BCUT2D eigenvalue weighted by Crippen LogP contribution is 2.34. The highest BCUT2D eigenvalue weighted by molar-refractivity contribution is 5.95. The Morgan fingerprint density at radius 3 is 2.54 bits per heavy atom. The van der Waals surface area contributed by atoms with Crippen molar-refractivity contribution in [1.82, 2.24) is 14.7 Å². The quantitative estimate of drug-likeness (QED) is 0.679. The lowest BCUT2D eigenvalue weighted by Crippen LogP contribution is -2.30. The first-order chi connectivity index (χ1) is 13.6. The summed E-state index contributed by atoms with van der Waals surface area (Å²) in [5, 5.41) is 4.36. The molecular weight excluding hydrogens is 357 g/mol. The number of rotatable bonds is 4. The average Bonchev–Trinajstić information content (AvgIpc) is 3.35. The molecule has 4 rings (SSSR count). The zero-order chi connectivity index (χ0) is 19.7. The molecule has 0 saturated carbocycles. The molecule has 2 heterocycles. The minimum absolute atomic E-state index is 0.0239. The maximum Gasteiger partial charge on any atom is 0.257 e. The number of aromatic nitrogens is 2. The van der Waals surface area contributed by atoms with Gasteiger partial charge >= 0.3 is 0 Å². The van der Waals surface area contributed by atoms with Gasteiger partial charge in [0.15, 0.2) is 0 Å². The van der Waals surface area contributed by atoms with Gasteiger partial charge in [0.2, 0.25) is 0 Å². The number of nitrogens with zero attached hydrogens (tertiary/aromatic N) is 3. The van der Waals surface area contributed by atoms with E-state index in [-0.39, 0.29) is 17.8 Å². The second-order valence-electron chi connectivity index (χ2n) is 6.96. The van der Waals surface area contributed by atoms with Crippen molar-refractivity contribution >= 4 is 5.91 Å². The van der Waals surface area contributed by atoms with Gasteiger partial charge in [-0.1, -0.05) is 12.1 Å². The van der Waals surface area contributed by atoms with Gasteiger partial charge < -0.3 is 9.64 Å². The van der Waals surface area contributed by atoms with E-state index in [1.165, 1.54) is 12.1 Å². The molecule has 6 heteroatoms. The van der Waals surface area contributed by atoms with Crippen molar-refractivity contribution in [2.75, 3.05) is 13.7 Å². The molecule has 5 nitrogen and oxygen atoms in total. The number of carbonyl (C=O) groups is 1. The van der Waals surface area contributed by atoms with Gasteiger partial charge in [-0.05, 0) is 61.7 Å². The van der Waals surface area contributed by atoms with Crippen molar-refractivity contribution in [3.63, 3.8) is 0 Å². The van der Waals surface area contributed by atoms with Crippen LogP contribution < -0.4 is 4.74 Å². The second-order valence-corrected chi connectivity index (χ2v) is 6.96. The molecule has 1 aliphatic rings. The highest BCUT2D eigenvalue weighted by atomic mass is 19.1. The Labute approximate surface area is 163 Å². The zero-order valence-electron chi connectivity index (χ0n) is 15.9. The SMILES string of the molecule is COc1ccc([C@@H]2CCCN2C(=O)c2cnn(-c3ccc(F)cc3)c2C)cc1. The molecule has 0 aliphatic carbocycles. The van der Waals surface area contributed by atoms with Crippen molar-refractivity contribution in [2.24, 2.45) is 0 Å². The normalized spacial score (nSPS) is 16.4. The molecule has 0 spiro atoms. The van der Waals surface area contributed by atoms with Crippen LogP contribution in [0.5, 0.6) is 5.75 Å². The Morgan fingerprint density at radius 2 is 1.86 bits per heavy atom. The van der Waals surface area contributed by atoms with E-state index in [0.29, 0.717) is 5.56 Å². The van der Waals surface area contributed by atoms with Crippen LogP contribution in [0, 0.1) is 12.7 Å². The number of hydrogen-bond donors (Lipinski definition) is 0. The van der Waals surface area contributed by atoms with E-state index in [0.717, 1.165) is 42.1 Å². The third-order valence-electron chi connectivity index (χ3n) is 5.33. The summed E-state index contributed by atoms with van der Waals surface area (Å²) in [7, 11) is 1.64. The molecule has 0 radical (unpaired) electrons. The van der Waals surface area contributed by atoms with E-state index in [1.807, 2.05) is 36.1 Å². The van der Waals surface area contributed by atoms with E-state index in [4.69, 9.17) is 4.74 Å². The number of likely N-dealkylation sites (tertiary alicyclic amines) is 1. The molecular formula is C22H22FN3O2. The third-order valence-corrected chi connectivity index (χ3v) is 5.33. The van der Waals surface area contributed by atoms with E-state index in [1.54, 1.807) is 30.1 Å². The van der Waals surface area contributed by atoms with Gasteiger partial charge in [0.1, 0.15) is 11.6 Å². The van der Waals surface area contributed by atoms with Crippen LogP contribution in [-0.4, -0.2) is 34.2 Å². The lowest BCUT2D eigenvalue weighted by molar-refractivity contribution is 0.0735. The monoisotopic (exact) mass is 379 g/mol. The summed E-state index contributed by atoms with van der Waals surface area (Å²) in [6.45, 7) is 2.58. The molecule has 3 aromatic rings. The Balaban J connectivity index is 1.60. The molecule has 0 N–H and O–H groups in total.